The van der Waals surface area contributed by atoms with Gasteiger partial charge in [0.1, 0.15) is 0 Å². The van der Waals surface area contributed by atoms with Gasteiger partial charge in [-0.05, 0) is 64.3 Å². The molecule has 19 heavy (non-hydrogen) atoms. The molecule has 0 radical (unpaired) electrons. The lowest BCUT2D eigenvalue weighted by Gasteiger charge is -2.40. The number of ether oxygens (including phenoxy) is 1. The Bertz CT molecular complexity index is 292. The molecule has 0 aromatic heterocycles. The van der Waals surface area contributed by atoms with Gasteiger partial charge in [0.15, 0.2) is 0 Å². The largest absolute Gasteiger partial charge is 0.381 e. The Morgan fingerprint density at radius 2 is 1.95 bits per heavy atom. The molecule has 3 nitrogen and oxygen atoms in total. The van der Waals surface area contributed by atoms with Crippen LogP contribution >= 0.6 is 0 Å². The van der Waals surface area contributed by atoms with Gasteiger partial charge in [0.05, 0.1) is 6.10 Å². The van der Waals surface area contributed by atoms with E-state index in [1.807, 2.05) is 7.11 Å². The van der Waals surface area contributed by atoms with E-state index in [2.05, 4.69) is 17.1 Å². The van der Waals surface area contributed by atoms with Crippen molar-refractivity contribution in [3.8, 4) is 0 Å². The number of nitrogens with one attached hydrogen (secondary N) is 1. The molecule has 4 unspecified atom stereocenters. The third-order valence-corrected chi connectivity index (χ3v) is 5.53. The zero-order valence-electron chi connectivity index (χ0n) is 12.6. The molecule has 1 N–H and O–H groups in total. The molecule has 0 aromatic rings. The molecule has 1 heterocycles. The van der Waals surface area contributed by atoms with Crippen molar-refractivity contribution in [1.29, 1.82) is 0 Å². The van der Waals surface area contributed by atoms with E-state index in [-0.39, 0.29) is 0 Å². The molecule has 1 saturated heterocycles. The minimum Gasteiger partial charge on any atom is -0.381 e. The smallest absolute Gasteiger partial charge is 0.0586 e. The van der Waals surface area contributed by atoms with Crippen molar-refractivity contribution in [2.75, 3.05) is 20.2 Å². The maximum Gasteiger partial charge on any atom is 0.0586 e. The summed E-state index contributed by atoms with van der Waals surface area (Å²) in [7, 11) is 1.88. The second-order valence-corrected chi connectivity index (χ2v) is 6.91. The Morgan fingerprint density at radius 1 is 1.11 bits per heavy atom. The number of methoxy groups -OCH3 is 1. The SMILES string of the molecule is COC1CCCC(N2CC(C3CC3)NCCC2C)C1. The summed E-state index contributed by atoms with van der Waals surface area (Å²) in [6.45, 7) is 4.90. The van der Waals surface area contributed by atoms with E-state index in [4.69, 9.17) is 4.74 Å². The van der Waals surface area contributed by atoms with Gasteiger partial charge >= 0.3 is 0 Å². The molecule has 0 bridgehead atoms. The van der Waals surface area contributed by atoms with Crippen LogP contribution in [0, 0.1) is 5.92 Å². The van der Waals surface area contributed by atoms with Crippen molar-refractivity contribution in [3.05, 3.63) is 0 Å². The molecule has 3 rings (SSSR count). The zero-order valence-corrected chi connectivity index (χ0v) is 12.6. The summed E-state index contributed by atoms with van der Waals surface area (Å²) >= 11 is 0. The second kappa shape index (κ2) is 6.11. The van der Waals surface area contributed by atoms with Crippen LogP contribution < -0.4 is 5.32 Å². The van der Waals surface area contributed by atoms with E-state index in [0.29, 0.717) is 6.10 Å². The van der Waals surface area contributed by atoms with Gasteiger partial charge in [-0.15, -0.1) is 0 Å². The lowest BCUT2D eigenvalue weighted by Crippen LogP contribution is -2.49. The maximum atomic E-state index is 5.62. The van der Waals surface area contributed by atoms with Crippen LogP contribution in [0.2, 0.25) is 0 Å². The minimum atomic E-state index is 0.501. The predicted octanol–water partition coefficient (Wildman–Crippen LogP) is 2.41. The molecule has 110 valence electrons. The van der Waals surface area contributed by atoms with Gasteiger partial charge in [0.2, 0.25) is 0 Å². The number of hydrogen-bond acceptors (Lipinski definition) is 3. The summed E-state index contributed by atoms with van der Waals surface area (Å²) in [5, 5.41) is 3.80. The monoisotopic (exact) mass is 266 g/mol. The molecule has 3 heteroatoms. The summed E-state index contributed by atoms with van der Waals surface area (Å²) in [6, 6.07) is 2.25. The Balaban J connectivity index is 1.64. The molecule has 0 amide bonds. The van der Waals surface area contributed by atoms with Gasteiger partial charge in [0.25, 0.3) is 0 Å². The van der Waals surface area contributed by atoms with Crippen LogP contribution in [-0.4, -0.2) is 49.3 Å². The highest BCUT2D eigenvalue weighted by Crippen LogP contribution is 2.35. The summed E-state index contributed by atoms with van der Waals surface area (Å²) in [4.78, 5) is 2.81. The van der Waals surface area contributed by atoms with Crippen LogP contribution in [-0.2, 0) is 4.74 Å². The average molecular weight is 266 g/mol. The molecule has 4 atom stereocenters. The van der Waals surface area contributed by atoms with Crippen molar-refractivity contribution in [3.63, 3.8) is 0 Å². The molecule has 2 saturated carbocycles. The Morgan fingerprint density at radius 3 is 2.68 bits per heavy atom. The normalized spacial score (nSPS) is 42.0. The Hall–Kier alpha value is -0.120. The molecule has 0 aromatic carbocycles. The van der Waals surface area contributed by atoms with Crippen LogP contribution in [0.25, 0.3) is 0 Å². The third-order valence-electron chi connectivity index (χ3n) is 5.53. The Labute approximate surface area is 118 Å². The first-order valence-corrected chi connectivity index (χ1v) is 8.30. The van der Waals surface area contributed by atoms with Crippen LogP contribution in [0.3, 0.4) is 0 Å². The van der Waals surface area contributed by atoms with Crippen molar-refractivity contribution >= 4 is 0 Å². The first-order chi connectivity index (χ1) is 9.28. The standard InChI is InChI=1S/C16H30N2O/c1-12-8-9-17-16(13-6-7-13)11-18(12)14-4-3-5-15(10-14)19-2/h12-17H,3-11H2,1-2H3. The van der Waals surface area contributed by atoms with E-state index >= 15 is 0 Å². The van der Waals surface area contributed by atoms with Crippen LogP contribution in [0.5, 0.6) is 0 Å². The lowest BCUT2D eigenvalue weighted by atomic mass is 9.90. The molecule has 3 aliphatic rings. The van der Waals surface area contributed by atoms with Crippen LogP contribution in [0.4, 0.5) is 0 Å². The van der Waals surface area contributed by atoms with Crippen molar-refractivity contribution in [2.45, 2.75) is 76.1 Å². The van der Waals surface area contributed by atoms with Crippen LogP contribution in [0.15, 0.2) is 0 Å². The highest BCUT2D eigenvalue weighted by Gasteiger charge is 2.37. The molecular weight excluding hydrogens is 236 g/mol. The summed E-state index contributed by atoms with van der Waals surface area (Å²) < 4.78 is 5.62. The zero-order chi connectivity index (χ0) is 13.2. The van der Waals surface area contributed by atoms with Gasteiger partial charge in [0, 0.05) is 31.8 Å². The van der Waals surface area contributed by atoms with E-state index in [1.54, 1.807) is 0 Å². The fourth-order valence-electron chi connectivity index (χ4n) is 4.07. The fraction of sp³-hybridized carbons (Fsp3) is 1.00. The summed E-state index contributed by atoms with van der Waals surface area (Å²) in [5.74, 6) is 0.967. The quantitative estimate of drug-likeness (QED) is 0.849. The second-order valence-electron chi connectivity index (χ2n) is 6.91. The predicted molar refractivity (Wildman–Crippen MR) is 78.4 cm³/mol. The average Bonchev–Trinajstić information content (AvgIpc) is 3.26. The topological polar surface area (TPSA) is 24.5 Å². The first-order valence-electron chi connectivity index (χ1n) is 8.30. The molecule has 0 spiro atoms. The summed E-state index contributed by atoms with van der Waals surface area (Å²) in [6.07, 6.45) is 9.93. The van der Waals surface area contributed by atoms with Gasteiger partial charge in [-0.3, -0.25) is 4.90 Å². The number of hydrogen-bond donors (Lipinski definition) is 1. The van der Waals surface area contributed by atoms with Crippen molar-refractivity contribution < 1.29 is 4.74 Å². The van der Waals surface area contributed by atoms with Gasteiger partial charge in [-0.25, -0.2) is 0 Å². The fourth-order valence-corrected chi connectivity index (χ4v) is 4.07. The first kappa shape index (κ1) is 13.8. The van der Waals surface area contributed by atoms with Crippen molar-refractivity contribution in [2.24, 2.45) is 5.92 Å². The molecule has 3 fully saturated rings. The summed E-state index contributed by atoms with van der Waals surface area (Å²) in [5.41, 5.74) is 0. The lowest BCUT2D eigenvalue weighted by molar-refractivity contribution is 0.0153. The molecular formula is C16H30N2O. The van der Waals surface area contributed by atoms with E-state index < -0.39 is 0 Å². The number of rotatable bonds is 3. The maximum absolute atomic E-state index is 5.62. The highest BCUT2D eigenvalue weighted by atomic mass is 16.5. The van der Waals surface area contributed by atoms with Crippen LogP contribution in [0.1, 0.15) is 51.9 Å². The van der Waals surface area contributed by atoms with Gasteiger partial charge in [-0.1, -0.05) is 0 Å². The minimum absolute atomic E-state index is 0.501. The van der Waals surface area contributed by atoms with Gasteiger partial charge in [-0.2, -0.15) is 0 Å². The third kappa shape index (κ3) is 3.32. The highest BCUT2D eigenvalue weighted by molar-refractivity contribution is 4.94. The van der Waals surface area contributed by atoms with E-state index in [0.717, 1.165) is 24.0 Å². The molecule has 2 aliphatic carbocycles. The Kier molecular flexibility index (Phi) is 4.45. The molecule has 1 aliphatic heterocycles. The van der Waals surface area contributed by atoms with E-state index in [9.17, 15) is 0 Å². The van der Waals surface area contributed by atoms with Crippen molar-refractivity contribution in [1.82, 2.24) is 10.2 Å². The van der Waals surface area contributed by atoms with E-state index in [1.165, 1.54) is 58.0 Å². The van der Waals surface area contributed by atoms with Gasteiger partial charge < -0.3 is 10.1 Å². The number of nitrogens with zero attached hydrogens (tertiary/aromatic N) is 1.